The Kier molecular flexibility index (Phi) is 9.56. The van der Waals surface area contributed by atoms with Gasteiger partial charge < -0.3 is 20.3 Å². The average Bonchev–Trinajstić information content (AvgIpc) is 3.03. The van der Waals surface area contributed by atoms with E-state index in [-0.39, 0.29) is 41.9 Å². The number of anilines is 1. The van der Waals surface area contributed by atoms with E-state index in [9.17, 15) is 22.8 Å². The largest absolute Gasteiger partial charge is 0.493 e. The normalized spacial score (nSPS) is 20.6. The van der Waals surface area contributed by atoms with Crippen molar-refractivity contribution in [2.75, 3.05) is 37.7 Å². The van der Waals surface area contributed by atoms with Gasteiger partial charge in [-0.05, 0) is 86.1 Å². The molecule has 11 heteroatoms. The number of alkyl halides is 3. The maximum atomic E-state index is 14.1. The number of aryl methyl sites for hydroxylation is 1. The van der Waals surface area contributed by atoms with Crippen LogP contribution < -0.4 is 15.4 Å². The molecule has 2 saturated heterocycles. The number of likely N-dealkylation sites (tertiary alicyclic amines) is 1. The predicted octanol–water partition coefficient (Wildman–Crippen LogP) is 5.26. The summed E-state index contributed by atoms with van der Waals surface area (Å²) in [6.07, 6.45) is 6.18. The van der Waals surface area contributed by atoms with Crippen LogP contribution in [-0.2, 0) is 22.2 Å². The molecule has 0 bridgehead atoms. The number of nitrogens with zero attached hydrogens (tertiary/aromatic N) is 4. The SMILES string of the molecule is CCc1cnc(N2CCC(COc3ccc(C4=CCC(C(=O)N5CCC(C(N)=O)CC5)CC4)cc3C(F)(F)F)CC2)nc1. The van der Waals surface area contributed by atoms with E-state index < -0.39 is 11.7 Å². The third-order valence-electron chi connectivity index (χ3n) is 9.10. The summed E-state index contributed by atoms with van der Waals surface area (Å²) >= 11 is 0. The molecule has 0 saturated carbocycles. The summed E-state index contributed by atoms with van der Waals surface area (Å²) in [7, 11) is 0. The number of rotatable bonds is 8. The van der Waals surface area contributed by atoms with Crippen LogP contribution in [0.5, 0.6) is 5.75 Å². The molecule has 1 atom stereocenters. The zero-order valence-electron chi connectivity index (χ0n) is 24.6. The number of nitrogens with two attached hydrogens (primary N) is 1. The van der Waals surface area contributed by atoms with E-state index in [1.54, 1.807) is 11.0 Å². The Balaban J connectivity index is 1.16. The molecule has 2 N–H and O–H groups in total. The second kappa shape index (κ2) is 13.3. The topological polar surface area (TPSA) is 102 Å². The number of hydrogen-bond donors (Lipinski definition) is 1. The van der Waals surface area contributed by atoms with Crippen molar-refractivity contribution in [3.63, 3.8) is 0 Å². The minimum absolute atomic E-state index is 0.0470. The molecule has 3 heterocycles. The summed E-state index contributed by atoms with van der Waals surface area (Å²) < 4.78 is 48.1. The second-order valence-electron chi connectivity index (χ2n) is 11.9. The molecule has 0 spiro atoms. The molecule has 5 rings (SSSR count). The first kappa shape index (κ1) is 30.8. The third kappa shape index (κ3) is 7.48. The van der Waals surface area contributed by atoms with E-state index in [0.717, 1.165) is 43.5 Å². The number of piperidine rings is 2. The van der Waals surface area contributed by atoms with Crippen molar-refractivity contribution in [2.24, 2.45) is 23.5 Å². The van der Waals surface area contributed by atoms with Gasteiger partial charge in [0.1, 0.15) is 5.75 Å². The fraction of sp³-hybridized carbons (Fsp3) is 0.562. The first-order valence-corrected chi connectivity index (χ1v) is 15.3. The average molecular weight is 600 g/mol. The highest BCUT2D eigenvalue weighted by molar-refractivity contribution is 5.82. The van der Waals surface area contributed by atoms with Crippen LogP contribution in [0.1, 0.15) is 68.6 Å². The van der Waals surface area contributed by atoms with Crippen LogP contribution in [-0.4, -0.2) is 59.5 Å². The highest BCUT2D eigenvalue weighted by atomic mass is 19.4. The fourth-order valence-corrected chi connectivity index (χ4v) is 6.24. The number of aromatic nitrogens is 2. The van der Waals surface area contributed by atoms with Crippen molar-refractivity contribution in [1.29, 1.82) is 0 Å². The smallest absolute Gasteiger partial charge is 0.419 e. The van der Waals surface area contributed by atoms with Gasteiger partial charge >= 0.3 is 6.18 Å². The molecular formula is C32H40F3N5O3. The molecule has 8 nitrogen and oxygen atoms in total. The van der Waals surface area contributed by atoms with Gasteiger partial charge in [-0.2, -0.15) is 13.2 Å². The van der Waals surface area contributed by atoms with Crippen LogP contribution in [0.4, 0.5) is 19.1 Å². The van der Waals surface area contributed by atoms with E-state index in [0.29, 0.717) is 56.7 Å². The Morgan fingerprint density at radius 1 is 1.00 bits per heavy atom. The molecule has 1 aromatic heterocycles. The summed E-state index contributed by atoms with van der Waals surface area (Å²) in [5.74, 6) is 0.0118. The van der Waals surface area contributed by atoms with Crippen LogP contribution in [0, 0.1) is 17.8 Å². The Bertz CT molecular complexity index is 1310. The molecule has 1 aromatic carbocycles. The number of hydrogen-bond acceptors (Lipinski definition) is 6. The van der Waals surface area contributed by atoms with Crippen molar-refractivity contribution in [2.45, 2.75) is 64.5 Å². The summed E-state index contributed by atoms with van der Waals surface area (Å²) in [4.78, 5) is 37.2. The number of halogens is 3. The van der Waals surface area contributed by atoms with E-state index in [1.807, 2.05) is 18.5 Å². The number of amides is 2. The second-order valence-corrected chi connectivity index (χ2v) is 11.9. The van der Waals surface area contributed by atoms with E-state index >= 15 is 0 Å². The van der Waals surface area contributed by atoms with E-state index in [1.165, 1.54) is 12.1 Å². The lowest BCUT2D eigenvalue weighted by Gasteiger charge is -2.34. The summed E-state index contributed by atoms with van der Waals surface area (Å²) in [6.45, 7) is 4.75. The van der Waals surface area contributed by atoms with Crippen molar-refractivity contribution >= 4 is 23.3 Å². The van der Waals surface area contributed by atoms with Crippen molar-refractivity contribution in [3.05, 3.63) is 53.4 Å². The molecule has 1 unspecified atom stereocenters. The van der Waals surface area contributed by atoms with Gasteiger partial charge in [-0.3, -0.25) is 9.59 Å². The number of primary amides is 1. The molecule has 2 aliphatic heterocycles. The van der Waals surface area contributed by atoms with Gasteiger partial charge in [-0.25, -0.2) is 9.97 Å². The molecule has 232 valence electrons. The Hall–Kier alpha value is -3.63. The van der Waals surface area contributed by atoms with Crippen molar-refractivity contribution < 1.29 is 27.5 Å². The van der Waals surface area contributed by atoms with Crippen molar-refractivity contribution in [3.8, 4) is 5.75 Å². The first-order valence-electron chi connectivity index (χ1n) is 15.3. The minimum Gasteiger partial charge on any atom is -0.493 e. The molecule has 2 amide bonds. The molecule has 2 fully saturated rings. The van der Waals surface area contributed by atoms with Gasteiger partial charge in [-0.1, -0.05) is 19.1 Å². The van der Waals surface area contributed by atoms with Crippen LogP contribution >= 0.6 is 0 Å². The van der Waals surface area contributed by atoms with Crippen LogP contribution in [0.2, 0.25) is 0 Å². The highest BCUT2D eigenvalue weighted by Gasteiger charge is 2.36. The number of carbonyl (C=O) groups is 2. The Labute approximate surface area is 250 Å². The summed E-state index contributed by atoms with van der Waals surface area (Å²) in [6, 6.07) is 4.29. The van der Waals surface area contributed by atoms with Crippen LogP contribution in [0.15, 0.2) is 36.7 Å². The zero-order chi connectivity index (χ0) is 30.6. The maximum absolute atomic E-state index is 14.1. The highest BCUT2D eigenvalue weighted by Crippen LogP contribution is 2.40. The van der Waals surface area contributed by atoms with E-state index in [4.69, 9.17) is 10.5 Å². The minimum atomic E-state index is -4.55. The lowest BCUT2D eigenvalue weighted by atomic mass is 9.84. The molecule has 1 aliphatic carbocycles. The number of allylic oxidation sites excluding steroid dienone is 2. The summed E-state index contributed by atoms with van der Waals surface area (Å²) in [5.41, 5.74) is 7.02. The zero-order valence-corrected chi connectivity index (χ0v) is 24.6. The molecular weight excluding hydrogens is 559 g/mol. The molecule has 3 aliphatic rings. The Morgan fingerprint density at radius 2 is 1.70 bits per heavy atom. The monoisotopic (exact) mass is 599 g/mol. The molecule has 0 radical (unpaired) electrons. The number of ether oxygens (including phenoxy) is 1. The van der Waals surface area contributed by atoms with Gasteiger partial charge in [0.15, 0.2) is 0 Å². The van der Waals surface area contributed by atoms with Gasteiger partial charge in [0.05, 0.1) is 12.2 Å². The van der Waals surface area contributed by atoms with Gasteiger partial charge in [0.2, 0.25) is 17.8 Å². The van der Waals surface area contributed by atoms with Crippen LogP contribution in [0.25, 0.3) is 5.57 Å². The summed E-state index contributed by atoms with van der Waals surface area (Å²) in [5, 5.41) is 0. The van der Waals surface area contributed by atoms with Crippen LogP contribution in [0.3, 0.4) is 0 Å². The molecule has 2 aromatic rings. The van der Waals surface area contributed by atoms with Gasteiger partial charge in [-0.15, -0.1) is 0 Å². The number of benzene rings is 1. The standard InChI is InChI=1S/C32H40F3N5O3/c1-2-21-18-37-31(38-19-21)40-13-9-22(10-14-40)20-43-28-8-7-26(17-27(28)32(33,34)35)23-3-5-25(6-4-23)30(42)39-15-11-24(12-16-39)29(36)41/h3,7-8,17-19,22,24-25H,2,4-6,9-16,20H2,1H3,(H2,36,41). The number of carbonyl (C=O) groups excluding carboxylic acids is 2. The predicted molar refractivity (Wildman–Crippen MR) is 157 cm³/mol. The van der Waals surface area contributed by atoms with E-state index in [2.05, 4.69) is 21.8 Å². The third-order valence-corrected chi connectivity index (χ3v) is 9.10. The van der Waals surface area contributed by atoms with Gasteiger partial charge in [0, 0.05) is 50.4 Å². The first-order chi connectivity index (χ1) is 20.6. The fourth-order valence-electron chi connectivity index (χ4n) is 6.24. The lowest BCUT2D eigenvalue weighted by Crippen LogP contribution is -2.44. The van der Waals surface area contributed by atoms with Gasteiger partial charge in [0.25, 0.3) is 0 Å². The van der Waals surface area contributed by atoms with Crippen molar-refractivity contribution in [1.82, 2.24) is 14.9 Å². The quantitative estimate of drug-likeness (QED) is 0.444. The lowest BCUT2D eigenvalue weighted by molar-refractivity contribution is -0.139. The Morgan fingerprint density at radius 3 is 2.28 bits per heavy atom. The maximum Gasteiger partial charge on any atom is 0.419 e. The molecule has 43 heavy (non-hydrogen) atoms.